The summed E-state index contributed by atoms with van der Waals surface area (Å²) in [5, 5.41) is 8.56. The number of nitrogens with two attached hydrogens (primary N) is 1. The molecule has 1 fully saturated rings. The summed E-state index contributed by atoms with van der Waals surface area (Å²) >= 11 is 0. The van der Waals surface area contributed by atoms with Gasteiger partial charge in [-0.2, -0.15) is 13.2 Å². The second kappa shape index (κ2) is 4.00. The maximum Gasteiger partial charge on any atom is 0.391 e. The van der Waals surface area contributed by atoms with Gasteiger partial charge in [0.1, 0.15) is 0 Å². The van der Waals surface area contributed by atoms with Crippen molar-refractivity contribution >= 4 is 5.97 Å². The van der Waals surface area contributed by atoms with Crippen molar-refractivity contribution in [1.82, 2.24) is 0 Å². The van der Waals surface area contributed by atoms with Gasteiger partial charge in [0.05, 0.1) is 12.3 Å². The van der Waals surface area contributed by atoms with Gasteiger partial charge in [-0.15, -0.1) is 0 Å². The molecule has 0 aromatic rings. The number of hydrogen-bond acceptors (Lipinski definition) is 2. The minimum atomic E-state index is -4.26. The second-order valence-electron chi connectivity index (χ2n) is 4.27. The molecule has 0 aromatic heterocycles. The van der Waals surface area contributed by atoms with E-state index in [1.165, 1.54) is 0 Å². The summed E-state index contributed by atoms with van der Waals surface area (Å²) in [6.07, 6.45) is -4.17. The van der Waals surface area contributed by atoms with Crippen LogP contribution < -0.4 is 5.73 Å². The lowest BCUT2D eigenvalue weighted by Gasteiger charge is -2.37. The van der Waals surface area contributed by atoms with Gasteiger partial charge in [0.15, 0.2) is 0 Å². The minimum Gasteiger partial charge on any atom is -0.481 e. The van der Waals surface area contributed by atoms with Crippen LogP contribution in [0.25, 0.3) is 0 Å². The van der Waals surface area contributed by atoms with Crippen molar-refractivity contribution in [3.05, 3.63) is 0 Å². The Bertz CT molecular complexity index is 254. The highest BCUT2D eigenvalue weighted by molar-refractivity contribution is 5.68. The third kappa shape index (κ3) is 3.37. The van der Waals surface area contributed by atoms with Gasteiger partial charge in [0.25, 0.3) is 0 Å². The fraction of sp³-hybridized carbons (Fsp3) is 0.889. The number of alkyl halides is 3. The summed E-state index contributed by atoms with van der Waals surface area (Å²) in [5.74, 6) is -2.59. The molecule has 1 saturated carbocycles. The van der Waals surface area contributed by atoms with Gasteiger partial charge in [-0.3, -0.25) is 4.79 Å². The monoisotopic (exact) mass is 225 g/mol. The molecule has 15 heavy (non-hydrogen) atoms. The normalized spacial score (nSPS) is 32.7. The van der Waals surface area contributed by atoms with E-state index < -0.39 is 23.6 Å². The summed E-state index contributed by atoms with van der Waals surface area (Å²) in [6, 6.07) is 0. The van der Waals surface area contributed by atoms with Crippen molar-refractivity contribution < 1.29 is 23.1 Å². The second-order valence-corrected chi connectivity index (χ2v) is 4.27. The highest BCUT2D eigenvalue weighted by Crippen LogP contribution is 2.41. The first kappa shape index (κ1) is 12.3. The van der Waals surface area contributed by atoms with Crippen LogP contribution in [0.5, 0.6) is 0 Å². The summed E-state index contributed by atoms with van der Waals surface area (Å²) in [5.41, 5.74) is 4.48. The lowest BCUT2D eigenvalue weighted by Crippen LogP contribution is -2.48. The summed E-state index contributed by atoms with van der Waals surface area (Å²) < 4.78 is 37.3. The van der Waals surface area contributed by atoms with Crippen LogP contribution in [0.2, 0.25) is 0 Å². The largest absolute Gasteiger partial charge is 0.481 e. The number of halogens is 3. The summed E-state index contributed by atoms with van der Waals surface area (Å²) in [7, 11) is 0. The van der Waals surface area contributed by atoms with Crippen LogP contribution in [0.15, 0.2) is 0 Å². The van der Waals surface area contributed by atoms with Gasteiger partial charge in [-0.1, -0.05) is 6.42 Å². The average Bonchev–Trinajstić information content (AvgIpc) is 1.99. The van der Waals surface area contributed by atoms with Gasteiger partial charge in [-0.25, -0.2) is 0 Å². The topological polar surface area (TPSA) is 63.3 Å². The van der Waals surface area contributed by atoms with E-state index in [9.17, 15) is 18.0 Å². The van der Waals surface area contributed by atoms with Crippen LogP contribution >= 0.6 is 0 Å². The highest BCUT2D eigenvalue weighted by Gasteiger charge is 2.46. The van der Waals surface area contributed by atoms with Crippen molar-refractivity contribution in [2.24, 2.45) is 11.7 Å². The van der Waals surface area contributed by atoms with E-state index in [0.717, 1.165) is 0 Å². The summed E-state index contributed by atoms with van der Waals surface area (Å²) in [6.45, 7) is 0. The number of carbonyl (C=O) groups is 1. The van der Waals surface area contributed by atoms with Crippen molar-refractivity contribution in [2.45, 2.75) is 43.8 Å². The van der Waals surface area contributed by atoms with Gasteiger partial charge in [-0.05, 0) is 19.3 Å². The molecule has 0 amide bonds. The molecule has 88 valence electrons. The van der Waals surface area contributed by atoms with Crippen LogP contribution in [0.1, 0.15) is 32.1 Å². The number of aliphatic carboxylic acids is 1. The Hall–Kier alpha value is -0.780. The van der Waals surface area contributed by atoms with Gasteiger partial charge in [0, 0.05) is 5.54 Å². The van der Waals surface area contributed by atoms with Crippen LogP contribution in [0.3, 0.4) is 0 Å². The average molecular weight is 225 g/mol. The lowest BCUT2D eigenvalue weighted by molar-refractivity contribution is -0.188. The molecule has 0 bridgehead atoms. The molecule has 1 aliphatic rings. The quantitative estimate of drug-likeness (QED) is 0.754. The van der Waals surface area contributed by atoms with Gasteiger partial charge >= 0.3 is 12.1 Å². The first-order valence-electron chi connectivity index (χ1n) is 4.80. The number of rotatable bonds is 2. The lowest BCUT2D eigenvalue weighted by atomic mass is 9.74. The maximum absolute atomic E-state index is 12.4. The molecular formula is C9H14F3NO2. The zero-order valence-electron chi connectivity index (χ0n) is 8.18. The van der Waals surface area contributed by atoms with Crippen LogP contribution in [-0.4, -0.2) is 22.8 Å². The van der Waals surface area contributed by atoms with Crippen molar-refractivity contribution in [2.75, 3.05) is 0 Å². The van der Waals surface area contributed by atoms with E-state index in [0.29, 0.717) is 12.8 Å². The predicted octanol–water partition coefficient (Wildman–Crippen LogP) is 1.91. The molecule has 0 saturated heterocycles. The van der Waals surface area contributed by atoms with Gasteiger partial charge in [0.2, 0.25) is 0 Å². The predicted molar refractivity (Wildman–Crippen MR) is 47.2 cm³/mol. The van der Waals surface area contributed by atoms with Crippen LogP contribution in [0.4, 0.5) is 13.2 Å². The molecule has 3 N–H and O–H groups in total. The number of carboxylic acids is 1. The Morgan fingerprint density at radius 3 is 2.60 bits per heavy atom. The Morgan fingerprint density at radius 2 is 2.13 bits per heavy atom. The zero-order valence-corrected chi connectivity index (χ0v) is 8.18. The molecular weight excluding hydrogens is 211 g/mol. The zero-order chi connectivity index (χ0) is 11.7. The minimum absolute atomic E-state index is 0.0576. The number of hydrogen-bond donors (Lipinski definition) is 2. The molecule has 1 rings (SSSR count). The number of carboxylic acid groups (broad SMARTS) is 1. The Morgan fingerprint density at radius 1 is 1.53 bits per heavy atom. The molecule has 0 aliphatic heterocycles. The molecule has 6 heteroatoms. The molecule has 2 unspecified atom stereocenters. The standard InChI is InChI=1S/C9H14F3NO2/c10-9(11,12)6-2-1-3-8(13,4-6)5-7(14)15/h6H,1-5,13H2,(H,14,15). The Kier molecular flexibility index (Phi) is 3.28. The van der Waals surface area contributed by atoms with E-state index in [-0.39, 0.29) is 19.3 Å². The molecule has 3 nitrogen and oxygen atoms in total. The van der Waals surface area contributed by atoms with E-state index in [1.54, 1.807) is 0 Å². The van der Waals surface area contributed by atoms with Gasteiger partial charge < -0.3 is 10.8 Å². The summed E-state index contributed by atoms with van der Waals surface area (Å²) in [4.78, 5) is 10.5. The third-order valence-corrected chi connectivity index (χ3v) is 2.85. The third-order valence-electron chi connectivity index (χ3n) is 2.85. The van der Waals surface area contributed by atoms with Crippen LogP contribution in [-0.2, 0) is 4.79 Å². The van der Waals surface area contributed by atoms with E-state index >= 15 is 0 Å². The van der Waals surface area contributed by atoms with E-state index in [4.69, 9.17) is 10.8 Å². The van der Waals surface area contributed by atoms with Crippen molar-refractivity contribution in [1.29, 1.82) is 0 Å². The Balaban J connectivity index is 2.66. The molecule has 1 aliphatic carbocycles. The van der Waals surface area contributed by atoms with Crippen molar-refractivity contribution in [3.8, 4) is 0 Å². The highest BCUT2D eigenvalue weighted by atomic mass is 19.4. The smallest absolute Gasteiger partial charge is 0.391 e. The van der Waals surface area contributed by atoms with Crippen LogP contribution in [0, 0.1) is 5.92 Å². The molecule has 0 radical (unpaired) electrons. The SMILES string of the molecule is NC1(CC(=O)O)CCCC(C(F)(F)F)C1. The maximum atomic E-state index is 12.4. The Labute approximate surface area is 85.4 Å². The first-order valence-corrected chi connectivity index (χ1v) is 4.80. The van der Waals surface area contributed by atoms with E-state index in [1.807, 2.05) is 0 Å². The molecule has 0 aromatic carbocycles. The molecule has 2 atom stereocenters. The fourth-order valence-electron chi connectivity index (χ4n) is 2.14. The fourth-order valence-corrected chi connectivity index (χ4v) is 2.14. The molecule has 0 heterocycles. The van der Waals surface area contributed by atoms with E-state index in [2.05, 4.69) is 0 Å². The molecule has 0 spiro atoms. The van der Waals surface area contributed by atoms with Crippen molar-refractivity contribution in [3.63, 3.8) is 0 Å². The first-order chi connectivity index (χ1) is 6.73.